The van der Waals surface area contributed by atoms with Crippen LogP contribution in [0.5, 0.6) is 0 Å². The van der Waals surface area contributed by atoms with Crippen molar-refractivity contribution >= 4 is 0 Å². The van der Waals surface area contributed by atoms with E-state index in [4.69, 9.17) is 5.73 Å². The molecule has 2 N–H and O–H groups in total. The molecule has 1 aromatic heterocycles. The van der Waals surface area contributed by atoms with Gasteiger partial charge in [0.15, 0.2) is 0 Å². The van der Waals surface area contributed by atoms with Gasteiger partial charge in [0.1, 0.15) is 12.2 Å². The Hall–Kier alpha value is -0.900. The van der Waals surface area contributed by atoms with Gasteiger partial charge in [-0.1, -0.05) is 20.8 Å². The first-order valence-corrected chi connectivity index (χ1v) is 5.20. The highest BCUT2D eigenvalue weighted by atomic mass is 15.3. The predicted molar refractivity (Wildman–Crippen MR) is 56.8 cm³/mol. The standard InChI is InChI=1S/C10H20N4/c1-8(2)6-14-10(12-7-13-14)4-9(3)5-11/h7-9H,4-6,11H2,1-3H3. The maximum absolute atomic E-state index is 5.58. The molecule has 4 heteroatoms. The zero-order chi connectivity index (χ0) is 10.6. The van der Waals surface area contributed by atoms with Crippen LogP contribution in [0.2, 0.25) is 0 Å². The molecule has 0 saturated heterocycles. The fourth-order valence-corrected chi connectivity index (χ4v) is 1.34. The van der Waals surface area contributed by atoms with Gasteiger partial charge in [0.2, 0.25) is 0 Å². The summed E-state index contributed by atoms with van der Waals surface area (Å²) in [6.45, 7) is 8.13. The van der Waals surface area contributed by atoms with E-state index in [0.29, 0.717) is 18.4 Å². The molecule has 0 saturated carbocycles. The van der Waals surface area contributed by atoms with Crippen LogP contribution < -0.4 is 5.73 Å². The van der Waals surface area contributed by atoms with Crippen LogP contribution in [0.1, 0.15) is 26.6 Å². The van der Waals surface area contributed by atoms with E-state index in [2.05, 4.69) is 30.9 Å². The molecule has 0 aliphatic carbocycles. The van der Waals surface area contributed by atoms with Gasteiger partial charge in [0.05, 0.1) is 0 Å². The average Bonchev–Trinajstić information content (AvgIpc) is 2.52. The van der Waals surface area contributed by atoms with Crippen LogP contribution in [-0.4, -0.2) is 21.3 Å². The van der Waals surface area contributed by atoms with Crippen molar-refractivity contribution in [3.05, 3.63) is 12.2 Å². The van der Waals surface area contributed by atoms with Crippen LogP contribution >= 0.6 is 0 Å². The van der Waals surface area contributed by atoms with Crippen LogP contribution in [0, 0.1) is 11.8 Å². The molecule has 1 unspecified atom stereocenters. The second kappa shape index (κ2) is 5.10. The van der Waals surface area contributed by atoms with Gasteiger partial charge in [0, 0.05) is 13.0 Å². The highest BCUT2D eigenvalue weighted by molar-refractivity contribution is 4.87. The summed E-state index contributed by atoms with van der Waals surface area (Å²) in [5.74, 6) is 2.13. The Morgan fingerprint density at radius 1 is 1.43 bits per heavy atom. The van der Waals surface area contributed by atoms with Crippen LogP contribution in [0.4, 0.5) is 0 Å². The lowest BCUT2D eigenvalue weighted by molar-refractivity contribution is 0.449. The van der Waals surface area contributed by atoms with Gasteiger partial charge < -0.3 is 5.73 Å². The fraction of sp³-hybridized carbons (Fsp3) is 0.800. The smallest absolute Gasteiger partial charge is 0.138 e. The molecule has 0 amide bonds. The van der Waals surface area contributed by atoms with E-state index in [0.717, 1.165) is 18.8 Å². The number of hydrogen-bond donors (Lipinski definition) is 1. The summed E-state index contributed by atoms with van der Waals surface area (Å²) in [4.78, 5) is 4.25. The molecule has 0 aliphatic rings. The Kier molecular flexibility index (Phi) is 4.07. The normalized spacial score (nSPS) is 13.5. The maximum atomic E-state index is 5.58. The first-order chi connectivity index (χ1) is 6.63. The third-order valence-corrected chi connectivity index (χ3v) is 2.17. The largest absolute Gasteiger partial charge is 0.330 e. The number of aromatic nitrogens is 3. The maximum Gasteiger partial charge on any atom is 0.138 e. The van der Waals surface area contributed by atoms with Gasteiger partial charge >= 0.3 is 0 Å². The van der Waals surface area contributed by atoms with Gasteiger partial charge in [-0.05, 0) is 18.4 Å². The summed E-state index contributed by atoms with van der Waals surface area (Å²) in [7, 11) is 0. The summed E-state index contributed by atoms with van der Waals surface area (Å²) in [6.07, 6.45) is 2.55. The van der Waals surface area contributed by atoms with Crippen molar-refractivity contribution in [2.24, 2.45) is 17.6 Å². The number of nitrogens with zero attached hydrogens (tertiary/aromatic N) is 3. The lowest BCUT2D eigenvalue weighted by Gasteiger charge is -2.11. The lowest BCUT2D eigenvalue weighted by atomic mass is 10.1. The van der Waals surface area contributed by atoms with Gasteiger partial charge in [-0.2, -0.15) is 5.10 Å². The first kappa shape index (κ1) is 11.2. The topological polar surface area (TPSA) is 56.7 Å². The SMILES string of the molecule is CC(C)Cn1ncnc1CC(C)CN. The van der Waals surface area contributed by atoms with E-state index in [-0.39, 0.29) is 0 Å². The van der Waals surface area contributed by atoms with Crippen LogP contribution in [-0.2, 0) is 13.0 Å². The van der Waals surface area contributed by atoms with E-state index >= 15 is 0 Å². The summed E-state index contributed by atoms with van der Waals surface area (Å²) in [5.41, 5.74) is 5.58. The van der Waals surface area contributed by atoms with Crippen molar-refractivity contribution in [1.82, 2.24) is 14.8 Å². The summed E-state index contributed by atoms with van der Waals surface area (Å²) >= 11 is 0. The van der Waals surface area contributed by atoms with Gasteiger partial charge in [-0.15, -0.1) is 0 Å². The molecule has 0 aliphatic heterocycles. The second-order valence-corrected chi connectivity index (χ2v) is 4.30. The van der Waals surface area contributed by atoms with Gasteiger partial charge in [0.25, 0.3) is 0 Å². The molecule has 1 aromatic rings. The predicted octanol–water partition coefficient (Wildman–Crippen LogP) is 1.07. The van der Waals surface area contributed by atoms with Crippen molar-refractivity contribution in [2.75, 3.05) is 6.54 Å². The van der Waals surface area contributed by atoms with Crippen LogP contribution in [0.25, 0.3) is 0 Å². The van der Waals surface area contributed by atoms with E-state index in [1.54, 1.807) is 6.33 Å². The minimum atomic E-state index is 0.477. The van der Waals surface area contributed by atoms with Crippen molar-refractivity contribution in [3.63, 3.8) is 0 Å². The van der Waals surface area contributed by atoms with E-state index in [1.165, 1.54) is 0 Å². The molecular weight excluding hydrogens is 176 g/mol. The third kappa shape index (κ3) is 3.10. The quantitative estimate of drug-likeness (QED) is 0.766. The summed E-state index contributed by atoms with van der Waals surface area (Å²) < 4.78 is 1.98. The number of nitrogens with two attached hydrogens (primary N) is 1. The molecule has 0 bridgehead atoms. The molecule has 0 spiro atoms. The Morgan fingerprint density at radius 2 is 2.14 bits per heavy atom. The molecular formula is C10H20N4. The van der Waals surface area contributed by atoms with Gasteiger partial charge in [-0.25, -0.2) is 9.67 Å². The van der Waals surface area contributed by atoms with E-state index in [1.807, 2.05) is 4.68 Å². The van der Waals surface area contributed by atoms with E-state index < -0.39 is 0 Å². The van der Waals surface area contributed by atoms with Crippen molar-refractivity contribution in [2.45, 2.75) is 33.7 Å². The van der Waals surface area contributed by atoms with Crippen molar-refractivity contribution in [1.29, 1.82) is 0 Å². The fourth-order valence-electron chi connectivity index (χ4n) is 1.34. The summed E-state index contributed by atoms with van der Waals surface area (Å²) in [6, 6.07) is 0. The molecule has 0 aromatic carbocycles. The Bertz CT molecular complexity index is 267. The zero-order valence-corrected chi connectivity index (χ0v) is 9.27. The Labute approximate surface area is 85.5 Å². The molecule has 0 radical (unpaired) electrons. The third-order valence-electron chi connectivity index (χ3n) is 2.17. The molecule has 1 atom stereocenters. The van der Waals surface area contributed by atoms with Crippen LogP contribution in [0.3, 0.4) is 0 Å². The van der Waals surface area contributed by atoms with Crippen molar-refractivity contribution < 1.29 is 0 Å². The molecule has 14 heavy (non-hydrogen) atoms. The monoisotopic (exact) mass is 196 g/mol. The minimum absolute atomic E-state index is 0.477. The summed E-state index contributed by atoms with van der Waals surface area (Å²) in [5, 5.41) is 4.21. The molecule has 4 nitrogen and oxygen atoms in total. The minimum Gasteiger partial charge on any atom is -0.330 e. The highest BCUT2D eigenvalue weighted by Crippen LogP contribution is 2.06. The highest BCUT2D eigenvalue weighted by Gasteiger charge is 2.09. The number of hydrogen-bond acceptors (Lipinski definition) is 3. The molecule has 0 fully saturated rings. The lowest BCUT2D eigenvalue weighted by Crippen LogP contribution is -2.17. The molecule has 1 heterocycles. The van der Waals surface area contributed by atoms with Gasteiger partial charge in [-0.3, -0.25) is 0 Å². The molecule has 1 rings (SSSR count). The Morgan fingerprint density at radius 3 is 2.71 bits per heavy atom. The van der Waals surface area contributed by atoms with Crippen LogP contribution in [0.15, 0.2) is 6.33 Å². The second-order valence-electron chi connectivity index (χ2n) is 4.30. The zero-order valence-electron chi connectivity index (χ0n) is 9.27. The Balaban J connectivity index is 2.62. The molecule has 80 valence electrons. The number of rotatable bonds is 5. The van der Waals surface area contributed by atoms with E-state index in [9.17, 15) is 0 Å². The average molecular weight is 196 g/mol. The van der Waals surface area contributed by atoms with Crippen molar-refractivity contribution in [3.8, 4) is 0 Å². The first-order valence-electron chi connectivity index (χ1n) is 5.20.